The molecule has 264 valence electrons. The molecule has 1 aliphatic carbocycles. The van der Waals surface area contributed by atoms with Crippen molar-refractivity contribution in [3.05, 3.63) is 0 Å². The molecule has 1 unspecified atom stereocenters. The van der Waals surface area contributed by atoms with Crippen LogP contribution in [0, 0.1) is 11.3 Å². The zero-order chi connectivity index (χ0) is 31.7. The molecule has 0 nitrogen and oxygen atoms in total. The number of rotatable bonds is 36. The molecule has 0 aliphatic heterocycles. The highest BCUT2D eigenvalue weighted by atomic mass is 14.5. The lowest BCUT2D eigenvalue weighted by Gasteiger charge is -2.37. The van der Waals surface area contributed by atoms with Crippen LogP contribution in [0.4, 0.5) is 0 Å². The molecule has 0 amide bonds. The minimum Gasteiger partial charge on any atom is -0.0654 e. The van der Waals surface area contributed by atoms with Crippen LogP contribution in [-0.2, 0) is 0 Å². The van der Waals surface area contributed by atoms with E-state index in [4.69, 9.17) is 0 Å². The summed E-state index contributed by atoms with van der Waals surface area (Å²) in [5.74, 6) is 1.06. The Balaban J connectivity index is 2.31. The highest BCUT2D eigenvalue weighted by molar-refractivity contribution is 4.92. The molecular weight excluding hydrogens is 528 g/mol. The van der Waals surface area contributed by atoms with Gasteiger partial charge in [0.25, 0.3) is 0 Å². The molecule has 0 heterocycles. The molecule has 0 saturated heterocycles. The minimum atomic E-state index is 0.733. The molecule has 0 aromatic rings. The number of hydrogen-bond acceptors (Lipinski definition) is 0. The zero-order valence-electron chi connectivity index (χ0n) is 31.7. The average Bonchev–Trinajstić information content (AvgIpc) is 3.43. The Morgan fingerprint density at radius 1 is 0.341 bits per heavy atom. The molecule has 0 radical (unpaired) electrons. The van der Waals surface area contributed by atoms with Crippen LogP contribution >= 0.6 is 0 Å². The maximum atomic E-state index is 2.33. The number of unbranched alkanes of at least 4 members (excludes halogenated alkanes) is 30. The summed E-state index contributed by atoms with van der Waals surface area (Å²) in [7, 11) is 0. The van der Waals surface area contributed by atoms with Gasteiger partial charge in [0.15, 0.2) is 0 Å². The molecule has 0 heteroatoms. The lowest BCUT2D eigenvalue weighted by Crippen LogP contribution is -2.26. The fraction of sp³-hybridized carbons (Fsp3) is 1.00. The van der Waals surface area contributed by atoms with Gasteiger partial charge in [-0.1, -0.05) is 239 Å². The van der Waals surface area contributed by atoms with Crippen molar-refractivity contribution >= 4 is 0 Å². The van der Waals surface area contributed by atoms with Crippen LogP contribution in [0.3, 0.4) is 0 Å². The van der Waals surface area contributed by atoms with E-state index < -0.39 is 0 Å². The summed E-state index contributed by atoms with van der Waals surface area (Å²) in [5.41, 5.74) is 0.733. The third-order valence-electron chi connectivity index (χ3n) is 11.8. The van der Waals surface area contributed by atoms with Gasteiger partial charge in [0.1, 0.15) is 0 Å². The molecule has 1 aliphatic rings. The molecule has 44 heavy (non-hydrogen) atoms. The Morgan fingerprint density at radius 3 is 0.932 bits per heavy atom. The van der Waals surface area contributed by atoms with Gasteiger partial charge in [0.2, 0.25) is 0 Å². The maximum Gasteiger partial charge on any atom is -0.0269 e. The Morgan fingerprint density at radius 2 is 0.614 bits per heavy atom. The molecule has 0 spiro atoms. The Kier molecular flexibility index (Phi) is 31.4. The van der Waals surface area contributed by atoms with Crippen molar-refractivity contribution in [1.82, 2.24) is 0 Å². The second-order valence-electron chi connectivity index (χ2n) is 15.8. The summed E-state index contributed by atoms with van der Waals surface area (Å²) in [6.45, 7) is 6.98. The Labute approximate surface area is 281 Å². The van der Waals surface area contributed by atoms with Gasteiger partial charge < -0.3 is 0 Å². The third kappa shape index (κ3) is 24.2. The molecule has 1 atom stereocenters. The average molecular weight is 617 g/mol. The summed E-state index contributed by atoms with van der Waals surface area (Å²) in [5, 5.41) is 0. The highest BCUT2D eigenvalue weighted by Crippen LogP contribution is 2.52. The van der Waals surface area contributed by atoms with Gasteiger partial charge in [-0.25, -0.2) is 0 Å². The van der Waals surface area contributed by atoms with Crippen molar-refractivity contribution in [1.29, 1.82) is 0 Å². The molecule has 1 fully saturated rings. The van der Waals surface area contributed by atoms with Crippen LogP contribution in [0.2, 0.25) is 0 Å². The van der Waals surface area contributed by atoms with E-state index in [2.05, 4.69) is 20.8 Å². The van der Waals surface area contributed by atoms with Crippen molar-refractivity contribution in [3.63, 3.8) is 0 Å². The van der Waals surface area contributed by atoms with E-state index in [0.29, 0.717) is 0 Å². The van der Waals surface area contributed by atoms with E-state index in [1.54, 1.807) is 38.5 Å². The van der Waals surface area contributed by atoms with E-state index in [9.17, 15) is 0 Å². The van der Waals surface area contributed by atoms with Crippen molar-refractivity contribution in [2.24, 2.45) is 11.3 Å². The molecule has 1 rings (SSSR count). The van der Waals surface area contributed by atoms with E-state index in [0.717, 1.165) is 11.3 Å². The normalized spacial score (nSPS) is 16.3. The lowest BCUT2D eigenvalue weighted by molar-refractivity contribution is 0.141. The topological polar surface area (TPSA) is 0 Å². The van der Waals surface area contributed by atoms with Crippen LogP contribution in [0.5, 0.6) is 0 Å². The first-order chi connectivity index (χ1) is 21.8. The maximum absolute atomic E-state index is 2.33. The summed E-state index contributed by atoms with van der Waals surface area (Å²) in [6.07, 6.45) is 58.3. The smallest absolute Gasteiger partial charge is 0.0269 e. The van der Waals surface area contributed by atoms with E-state index in [1.165, 1.54) is 212 Å². The Bertz CT molecular complexity index is 508. The first kappa shape index (κ1) is 42.0. The quantitative estimate of drug-likeness (QED) is 0.0614. The van der Waals surface area contributed by atoms with Gasteiger partial charge in [0, 0.05) is 0 Å². The van der Waals surface area contributed by atoms with Crippen LogP contribution < -0.4 is 0 Å². The molecule has 1 saturated carbocycles. The second kappa shape index (κ2) is 32.9. The molecule has 0 bridgehead atoms. The fourth-order valence-corrected chi connectivity index (χ4v) is 8.78. The monoisotopic (exact) mass is 617 g/mol. The largest absolute Gasteiger partial charge is 0.0654 e. The number of hydrogen-bond donors (Lipinski definition) is 0. The van der Waals surface area contributed by atoms with Gasteiger partial charge in [-0.15, -0.1) is 0 Å². The first-order valence-electron chi connectivity index (χ1n) is 21.8. The van der Waals surface area contributed by atoms with Crippen molar-refractivity contribution < 1.29 is 0 Å². The van der Waals surface area contributed by atoms with Crippen molar-refractivity contribution in [2.75, 3.05) is 0 Å². The van der Waals surface area contributed by atoms with E-state index in [1.807, 2.05) is 0 Å². The van der Waals surface area contributed by atoms with Crippen LogP contribution in [0.25, 0.3) is 0 Å². The van der Waals surface area contributed by atoms with E-state index >= 15 is 0 Å². The molecule has 0 aromatic carbocycles. The van der Waals surface area contributed by atoms with Gasteiger partial charge in [-0.3, -0.25) is 0 Å². The van der Waals surface area contributed by atoms with E-state index in [-0.39, 0.29) is 0 Å². The lowest BCUT2D eigenvalue weighted by atomic mass is 9.68. The van der Waals surface area contributed by atoms with Crippen LogP contribution in [0.15, 0.2) is 0 Å². The summed E-state index contributed by atoms with van der Waals surface area (Å²) >= 11 is 0. The van der Waals surface area contributed by atoms with Gasteiger partial charge in [-0.05, 0) is 43.4 Å². The SMILES string of the molecule is CCCCCCCCCCCCCC1CCCC1(CCCCCCCCCCCCC)CCCCCCCCCCCCC. The van der Waals surface area contributed by atoms with Crippen LogP contribution in [-0.4, -0.2) is 0 Å². The van der Waals surface area contributed by atoms with Crippen molar-refractivity contribution in [2.45, 2.75) is 271 Å². The van der Waals surface area contributed by atoms with Gasteiger partial charge >= 0.3 is 0 Å². The third-order valence-corrected chi connectivity index (χ3v) is 11.8. The minimum absolute atomic E-state index is 0.733. The zero-order valence-corrected chi connectivity index (χ0v) is 31.7. The summed E-state index contributed by atoms with van der Waals surface area (Å²) in [6, 6.07) is 0. The molecule has 0 N–H and O–H groups in total. The summed E-state index contributed by atoms with van der Waals surface area (Å²) < 4.78 is 0. The first-order valence-corrected chi connectivity index (χ1v) is 21.8. The predicted molar refractivity (Wildman–Crippen MR) is 203 cm³/mol. The second-order valence-corrected chi connectivity index (χ2v) is 15.8. The molecular formula is C44H88. The van der Waals surface area contributed by atoms with Gasteiger partial charge in [-0.2, -0.15) is 0 Å². The van der Waals surface area contributed by atoms with Crippen LogP contribution in [0.1, 0.15) is 271 Å². The standard InChI is InChI=1S/C44H88/c1-4-7-10-13-16-19-22-25-28-31-34-38-43-39-37-42-44(43,40-35-32-29-26-23-20-17-14-11-8-5-2)41-36-33-30-27-24-21-18-15-12-9-6-3/h43H,4-42H2,1-3H3. The Hall–Kier alpha value is 0. The fourth-order valence-electron chi connectivity index (χ4n) is 8.78. The van der Waals surface area contributed by atoms with Gasteiger partial charge in [0.05, 0.1) is 0 Å². The summed E-state index contributed by atoms with van der Waals surface area (Å²) in [4.78, 5) is 0. The predicted octanol–water partition coefficient (Wildman–Crippen LogP) is 16.9. The molecule has 0 aromatic heterocycles. The highest BCUT2D eigenvalue weighted by Gasteiger charge is 2.40. The van der Waals surface area contributed by atoms with Crippen molar-refractivity contribution in [3.8, 4) is 0 Å².